The number of hydrogen-bond donors (Lipinski definition) is 0. The van der Waals surface area contributed by atoms with Crippen LogP contribution in [0.4, 0.5) is 0 Å². The van der Waals surface area contributed by atoms with Crippen LogP contribution in [0.3, 0.4) is 0 Å². The average Bonchev–Trinajstić information content (AvgIpc) is 2.75. The lowest BCUT2D eigenvalue weighted by Gasteiger charge is -2.22. The fraction of sp³-hybridized carbons (Fsp3) is 0.583. The van der Waals surface area contributed by atoms with Gasteiger partial charge in [0.25, 0.3) is 0 Å². The van der Waals surface area contributed by atoms with Gasteiger partial charge in [0.2, 0.25) is 5.91 Å². The van der Waals surface area contributed by atoms with Gasteiger partial charge >= 0.3 is 0 Å². The van der Waals surface area contributed by atoms with E-state index in [1.165, 1.54) is 6.26 Å². The van der Waals surface area contributed by atoms with Crippen LogP contribution in [-0.2, 0) is 15.6 Å². The first-order valence-electron chi connectivity index (χ1n) is 5.76. The Balaban J connectivity index is 2.84. The van der Waals surface area contributed by atoms with Crippen LogP contribution >= 0.6 is 0 Å². The quantitative estimate of drug-likeness (QED) is 0.810. The van der Waals surface area contributed by atoms with Crippen molar-refractivity contribution in [2.24, 2.45) is 0 Å². The van der Waals surface area contributed by atoms with E-state index in [1.54, 1.807) is 24.8 Å². The summed E-state index contributed by atoms with van der Waals surface area (Å²) >= 11 is 0. The number of nitrogens with zero attached hydrogens (tertiary/aromatic N) is 1. The van der Waals surface area contributed by atoms with Crippen LogP contribution in [0.1, 0.15) is 26.5 Å². The molecule has 2 atom stereocenters. The third kappa shape index (κ3) is 2.97. The van der Waals surface area contributed by atoms with Gasteiger partial charge in [-0.25, -0.2) is 0 Å². The molecule has 1 heterocycles. The molecule has 1 amide bonds. The first kappa shape index (κ1) is 14.0. The molecule has 0 aromatic carbocycles. The Labute approximate surface area is 104 Å². The molecule has 4 nitrogen and oxygen atoms in total. The summed E-state index contributed by atoms with van der Waals surface area (Å²) in [5.41, 5.74) is 0. The van der Waals surface area contributed by atoms with Crippen LogP contribution in [0.5, 0.6) is 0 Å². The number of carbonyl (C=O) groups excluding carboxylic acids is 1. The fourth-order valence-electron chi connectivity index (χ4n) is 1.66. The largest absolute Gasteiger partial charge is 0.468 e. The summed E-state index contributed by atoms with van der Waals surface area (Å²) in [4.78, 5) is 14.4. The van der Waals surface area contributed by atoms with Gasteiger partial charge in [0, 0.05) is 13.1 Å². The predicted molar refractivity (Wildman–Crippen MR) is 67.2 cm³/mol. The van der Waals surface area contributed by atoms with Crippen molar-refractivity contribution in [3.05, 3.63) is 18.1 Å². The average molecular weight is 257 g/mol. The van der Waals surface area contributed by atoms with E-state index in [0.29, 0.717) is 23.7 Å². The molecule has 0 radical (unpaired) electrons. The molecule has 1 aromatic rings. The van der Waals surface area contributed by atoms with Crippen molar-refractivity contribution in [3.63, 3.8) is 0 Å². The van der Waals surface area contributed by atoms with E-state index in [9.17, 15) is 9.00 Å². The normalized spacial score (nSPS) is 14.4. The first-order chi connectivity index (χ1) is 8.02. The van der Waals surface area contributed by atoms with E-state index in [4.69, 9.17) is 4.42 Å². The van der Waals surface area contributed by atoms with Gasteiger partial charge in [0.1, 0.15) is 11.0 Å². The smallest absolute Gasteiger partial charge is 0.238 e. The predicted octanol–water partition coefficient (Wildman–Crippen LogP) is 1.95. The minimum Gasteiger partial charge on any atom is -0.468 e. The van der Waals surface area contributed by atoms with Crippen LogP contribution in [-0.4, -0.2) is 33.4 Å². The van der Waals surface area contributed by atoms with Crippen LogP contribution in [0.15, 0.2) is 21.6 Å². The van der Waals surface area contributed by atoms with Gasteiger partial charge in [-0.2, -0.15) is 0 Å². The second-order valence-electron chi connectivity index (χ2n) is 3.79. The highest BCUT2D eigenvalue weighted by atomic mass is 32.2. The van der Waals surface area contributed by atoms with Gasteiger partial charge in [0.15, 0.2) is 0 Å². The van der Waals surface area contributed by atoms with E-state index >= 15 is 0 Å². The monoisotopic (exact) mass is 257 g/mol. The summed E-state index contributed by atoms with van der Waals surface area (Å²) < 4.78 is 17.3. The molecule has 0 aliphatic heterocycles. The Morgan fingerprint density at radius 3 is 2.47 bits per heavy atom. The molecule has 0 spiro atoms. The summed E-state index contributed by atoms with van der Waals surface area (Å²) in [6.07, 6.45) is 1.50. The molecular weight excluding hydrogens is 238 g/mol. The maximum Gasteiger partial charge on any atom is 0.238 e. The van der Waals surface area contributed by atoms with Crippen LogP contribution < -0.4 is 0 Å². The number of carbonyl (C=O) groups is 1. The molecule has 0 aliphatic rings. The van der Waals surface area contributed by atoms with Gasteiger partial charge in [-0.3, -0.25) is 9.00 Å². The molecule has 96 valence electrons. The number of furan rings is 1. The van der Waals surface area contributed by atoms with E-state index in [2.05, 4.69) is 0 Å². The van der Waals surface area contributed by atoms with Crippen LogP contribution in [0, 0.1) is 6.92 Å². The Hall–Kier alpha value is -1.10. The van der Waals surface area contributed by atoms with Crippen molar-refractivity contribution in [1.82, 2.24) is 4.90 Å². The number of hydrogen-bond acceptors (Lipinski definition) is 3. The molecule has 1 rings (SSSR count). The van der Waals surface area contributed by atoms with Crippen molar-refractivity contribution in [3.8, 4) is 0 Å². The van der Waals surface area contributed by atoms with Crippen molar-refractivity contribution in [2.45, 2.75) is 37.8 Å². The highest BCUT2D eigenvalue weighted by molar-refractivity contribution is 7.86. The van der Waals surface area contributed by atoms with Gasteiger partial charge < -0.3 is 9.32 Å². The number of aryl methyl sites for hydroxylation is 1. The first-order valence-corrected chi connectivity index (χ1v) is 6.97. The highest BCUT2D eigenvalue weighted by Crippen LogP contribution is 2.18. The Morgan fingerprint density at radius 2 is 2.06 bits per heavy atom. The molecule has 17 heavy (non-hydrogen) atoms. The third-order valence-electron chi connectivity index (χ3n) is 2.77. The lowest BCUT2D eigenvalue weighted by molar-refractivity contribution is -0.129. The molecule has 0 fully saturated rings. The SMILES string of the molecule is CCN(CC)C(=O)[C@@H](C)[S@@](=O)c1ccoc1C. The highest BCUT2D eigenvalue weighted by Gasteiger charge is 2.26. The van der Waals surface area contributed by atoms with Crippen molar-refractivity contribution in [1.29, 1.82) is 0 Å². The molecule has 0 saturated heterocycles. The topological polar surface area (TPSA) is 50.5 Å². The van der Waals surface area contributed by atoms with Crippen molar-refractivity contribution >= 4 is 16.7 Å². The molecule has 0 bridgehead atoms. The Kier molecular flexibility index (Phi) is 4.93. The molecule has 0 N–H and O–H groups in total. The summed E-state index contributed by atoms with van der Waals surface area (Å²) in [5.74, 6) is 0.538. The Morgan fingerprint density at radius 1 is 1.47 bits per heavy atom. The fourth-order valence-corrected chi connectivity index (χ4v) is 2.89. The van der Waals surface area contributed by atoms with E-state index < -0.39 is 16.0 Å². The summed E-state index contributed by atoms with van der Waals surface area (Å²) in [6.45, 7) is 8.56. The van der Waals surface area contributed by atoms with Gasteiger partial charge in [-0.15, -0.1) is 0 Å². The zero-order valence-corrected chi connectivity index (χ0v) is 11.5. The zero-order valence-electron chi connectivity index (χ0n) is 10.7. The lowest BCUT2D eigenvalue weighted by atomic mass is 10.4. The van der Waals surface area contributed by atoms with Gasteiger partial charge in [-0.1, -0.05) is 0 Å². The van der Waals surface area contributed by atoms with Crippen LogP contribution in [0.25, 0.3) is 0 Å². The molecule has 0 aliphatic carbocycles. The molecule has 0 unspecified atom stereocenters. The standard InChI is InChI=1S/C12H19NO3S/c1-5-13(6-2)12(14)10(4)17(15)11-7-8-16-9(11)3/h7-8,10H,5-6H2,1-4H3/t10-,17-/m1/s1. The molecule has 1 aromatic heterocycles. The number of rotatable bonds is 5. The van der Waals surface area contributed by atoms with Crippen molar-refractivity contribution < 1.29 is 13.4 Å². The minimum absolute atomic E-state index is 0.0751. The summed E-state index contributed by atoms with van der Waals surface area (Å²) in [5, 5.41) is -0.536. The zero-order chi connectivity index (χ0) is 13.0. The number of amides is 1. The van der Waals surface area contributed by atoms with Crippen LogP contribution in [0.2, 0.25) is 0 Å². The van der Waals surface area contributed by atoms with Crippen molar-refractivity contribution in [2.75, 3.05) is 13.1 Å². The van der Waals surface area contributed by atoms with Gasteiger partial charge in [0.05, 0.1) is 22.0 Å². The molecule has 5 heteroatoms. The maximum absolute atomic E-state index is 12.2. The minimum atomic E-state index is -1.35. The third-order valence-corrected chi connectivity index (χ3v) is 4.47. The molecule has 0 saturated carbocycles. The summed E-state index contributed by atoms with van der Waals surface area (Å²) in [7, 11) is -1.35. The second kappa shape index (κ2) is 6.00. The summed E-state index contributed by atoms with van der Waals surface area (Å²) in [6, 6.07) is 1.66. The second-order valence-corrected chi connectivity index (χ2v) is 5.53. The lowest BCUT2D eigenvalue weighted by Crippen LogP contribution is -2.39. The van der Waals surface area contributed by atoms with E-state index in [0.717, 1.165) is 0 Å². The molecular formula is C12H19NO3S. The maximum atomic E-state index is 12.2. The van der Waals surface area contributed by atoms with E-state index in [-0.39, 0.29) is 5.91 Å². The Bertz CT molecular complexity index is 410. The van der Waals surface area contributed by atoms with E-state index in [1.807, 2.05) is 13.8 Å². The van der Waals surface area contributed by atoms with Gasteiger partial charge in [-0.05, 0) is 33.8 Å².